The molecular weight excluding hydrogens is 584 g/mol. The third-order valence-corrected chi connectivity index (χ3v) is 8.33. The number of aliphatic imine (C=N–C) groups is 1. The van der Waals surface area contributed by atoms with E-state index in [-0.39, 0.29) is 0 Å². The van der Waals surface area contributed by atoms with Gasteiger partial charge < -0.3 is 5.32 Å². The molecule has 1 N–H and O–H groups in total. The zero-order valence-electron chi connectivity index (χ0n) is 29.8. The molecule has 0 aliphatic heterocycles. The second-order valence-electron chi connectivity index (χ2n) is 11.4. The maximum atomic E-state index is 4.64. The molecule has 0 spiro atoms. The van der Waals surface area contributed by atoms with E-state index in [1.54, 1.807) is 0 Å². The van der Waals surface area contributed by atoms with E-state index < -0.39 is 0 Å². The lowest BCUT2D eigenvalue weighted by atomic mass is 10.0. The summed E-state index contributed by atoms with van der Waals surface area (Å²) in [6, 6.07) is 12.8. The summed E-state index contributed by atoms with van der Waals surface area (Å²) >= 11 is 4.28. The van der Waals surface area contributed by atoms with Gasteiger partial charge in [-0.2, -0.15) is 12.6 Å². The third-order valence-electron chi connectivity index (χ3n) is 7.28. The quantitative estimate of drug-likeness (QED) is 0.0732. The Morgan fingerprint density at radius 2 is 1.62 bits per heavy atom. The zero-order chi connectivity index (χ0) is 34.2. The minimum absolute atomic E-state index is 0.784. The summed E-state index contributed by atoms with van der Waals surface area (Å²) in [6.07, 6.45) is 14.0. The number of aryl methyl sites for hydroxylation is 2. The molecule has 0 radical (unpaired) electrons. The van der Waals surface area contributed by atoms with Crippen molar-refractivity contribution >= 4 is 49.7 Å². The smallest absolute Gasteiger partial charge is 0.0601 e. The molecular formula is C41H61N2PS. The lowest BCUT2D eigenvalue weighted by Gasteiger charge is -2.12. The van der Waals surface area contributed by atoms with Gasteiger partial charge in [0.25, 0.3) is 0 Å². The molecule has 2 nitrogen and oxygen atoms in total. The monoisotopic (exact) mass is 644 g/mol. The molecule has 4 heteroatoms. The minimum Gasteiger partial charge on any atom is -0.355 e. The zero-order valence-corrected chi connectivity index (χ0v) is 31.9. The Hall–Kier alpha value is -2.79. The highest BCUT2D eigenvalue weighted by molar-refractivity contribution is 7.80. The summed E-state index contributed by atoms with van der Waals surface area (Å²) in [6.45, 7) is 26.9. The van der Waals surface area contributed by atoms with E-state index >= 15 is 0 Å². The number of nitrogens with one attached hydrogen (secondary N) is 1. The third kappa shape index (κ3) is 18.1. The number of anilines is 1. The number of thiol groups is 1. The summed E-state index contributed by atoms with van der Waals surface area (Å²) in [5, 5.41) is 4.58. The van der Waals surface area contributed by atoms with E-state index in [4.69, 9.17) is 0 Å². The van der Waals surface area contributed by atoms with E-state index in [2.05, 4.69) is 122 Å². The van der Waals surface area contributed by atoms with Gasteiger partial charge in [0.2, 0.25) is 0 Å². The van der Waals surface area contributed by atoms with Gasteiger partial charge >= 0.3 is 0 Å². The van der Waals surface area contributed by atoms with Crippen LogP contribution in [0.3, 0.4) is 0 Å². The van der Waals surface area contributed by atoms with Crippen molar-refractivity contribution in [2.75, 3.05) is 11.1 Å². The minimum atomic E-state index is 0.784. The van der Waals surface area contributed by atoms with E-state index in [0.717, 1.165) is 59.2 Å². The lowest BCUT2D eigenvalue weighted by Crippen LogP contribution is -2.07. The van der Waals surface area contributed by atoms with Crippen LogP contribution in [-0.2, 0) is 6.42 Å². The second kappa shape index (κ2) is 25.4. The van der Waals surface area contributed by atoms with Crippen molar-refractivity contribution in [2.45, 2.75) is 107 Å². The van der Waals surface area contributed by atoms with Gasteiger partial charge in [-0.15, -0.1) is 21.1 Å². The molecule has 0 aromatic heterocycles. The molecule has 1 unspecified atom stereocenters. The molecule has 1 atom stereocenters. The summed E-state index contributed by atoms with van der Waals surface area (Å²) in [7, 11) is 2.85. The first-order valence-electron chi connectivity index (χ1n) is 16.5. The van der Waals surface area contributed by atoms with Gasteiger partial charge in [-0.1, -0.05) is 82.7 Å². The Bertz CT molecular complexity index is 1330. The lowest BCUT2D eigenvalue weighted by molar-refractivity contribution is 0.489. The normalized spacial score (nSPS) is 11.2. The van der Waals surface area contributed by atoms with Crippen molar-refractivity contribution in [2.24, 2.45) is 10.9 Å². The Kier molecular flexibility index (Phi) is 23.8. The number of nitrogens with zero attached hydrogens (tertiary/aromatic N) is 1. The fourth-order valence-corrected chi connectivity index (χ4v) is 5.24. The molecule has 0 aliphatic carbocycles. The number of hydrogen-bond acceptors (Lipinski definition) is 3. The van der Waals surface area contributed by atoms with Crippen LogP contribution in [-0.4, -0.2) is 11.5 Å². The van der Waals surface area contributed by atoms with E-state index in [9.17, 15) is 0 Å². The molecule has 0 fully saturated rings. The van der Waals surface area contributed by atoms with E-state index in [1.165, 1.54) is 53.2 Å². The first-order chi connectivity index (χ1) is 21.5. The van der Waals surface area contributed by atoms with Gasteiger partial charge in [0.15, 0.2) is 0 Å². The van der Waals surface area contributed by atoms with Crippen LogP contribution in [0.5, 0.6) is 0 Å². The van der Waals surface area contributed by atoms with Gasteiger partial charge in [-0.05, 0) is 124 Å². The van der Waals surface area contributed by atoms with E-state index in [0.29, 0.717) is 0 Å². The highest BCUT2D eigenvalue weighted by atomic mass is 32.1. The van der Waals surface area contributed by atoms with Crippen molar-refractivity contribution in [3.8, 4) is 11.8 Å². The summed E-state index contributed by atoms with van der Waals surface area (Å²) in [4.78, 5) is 4.64. The van der Waals surface area contributed by atoms with Crippen LogP contribution in [0, 0.1) is 24.7 Å². The van der Waals surface area contributed by atoms with E-state index in [1.807, 2.05) is 52.1 Å². The van der Waals surface area contributed by atoms with Crippen molar-refractivity contribution in [3.63, 3.8) is 0 Å². The second-order valence-corrected chi connectivity index (χ2v) is 12.3. The van der Waals surface area contributed by atoms with Crippen LogP contribution >= 0.6 is 21.9 Å². The molecule has 2 aromatic carbocycles. The molecule has 45 heavy (non-hydrogen) atoms. The van der Waals surface area contributed by atoms with Crippen LogP contribution in [0.25, 0.3) is 11.1 Å². The van der Waals surface area contributed by atoms with Crippen LogP contribution in [0.15, 0.2) is 78.6 Å². The Labute approximate surface area is 285 Å². The first-order valence-corrected chi connectivity index (χ1v) is 17.7. The standard InChI is InChI=1S/C29H35N2P.C8H18S.C4H8/c1-8-9-10-11-12-25-13-14-26(18-29(25)32)22(5)19-30-23(6)24(7)31-27-15-16-28(20(2)3)21(4)17-27;1-3-5-8(7-9)6-4-2;1-3-4-2/h13-19,31H,2,7-8,11-12,32H2,1,3-6H3;8-9H,3-7H2,1-2H3;3-4H,1-2H3/b22-19+,30-23?;;4-3-. The van der Waals surface area contributed by atoms with Gasteiger partial charge in [-0.25, -0.2) is 0 Å². The largest absolute Gasteiger partial charge is 0.355 e. The predicted octanol–water partition coefficient (Wildman–Crippen LogP) is 12.0. The molecule has 0 saturated heterocycles. The van der Waals surface area contributed by atoms with Crippen LogP contribution in [0.1, 0.15) is 116 Å². The molecule has 2 aromatic rings. The Morgan fingerprint density at radius 1 is 0.978 bits per heavy atom. The summed E-state index contributed by atoms with van der Waals surface area (Å²) in [5.41, 5.74) is 9.67. The molecule has 0 amide bonds. The number of benzene rings is 2. The fraction of sp³-hybridized carbons (Fsp3) is 0.439. The molecule has 2 rings (SSSR count). The molecule has 0 aliphatic rings. The van der Waals surface area contributed by atoms with Crippen molar-refractivity contribution in [1.82, 2.24) is 0 Å². The Balaban J connectivity index is 0.00000125. The maximum absolute atomic E-state index is 4.64. The molecule has 0 heterocycles. The Morgan fingerprint density at radius 3 is 2.11 bits per heavy atom. The van der Waals surface area contributed by atoms with Crippen LogP contribution < -0.4 is 10.6 Å². The molecule has 0 bridgehead atoms. The average molecular weight is 645 g/mol. The predicted molar refractivity (Wildman–Crippen MR) is 215 cm³/mol. The topological polar surface area (TPSA) is 24.4 Å². The number of allylic oxidation sites excluding steroid dienone is 5. The summed E-state index contributed by atoms with van der Waals surface area (Å²) < 4.78 is 0. The number of rotatable bonds is 13. The molecule has 0 saturated carbocycles. The first kappa shape index (κ1) is 42.2. The SMILES string of the molecule is C/C=C\C.C=C(Nc1ccc(C(=C)C)c(C)c1)C(C)=N/C=C(\C)c1ccc(CCC#CCC)c(P)c1.CCCC(CS)CCC. The fourth-order valence-electron chi connectivity index (χ4n) is 4.45. The average Bonchev–Trinajstić information content (AvgIpc) is 3.02. The van der Waals surface area contributed by atoms with Gasteiger partial charge in [0.1, 0.15) is 0 Å². The van der Waals surface area contributed by atoms with Crippen molar-refractivity contribution < 1.29 is 0 Å². The number of hydrogen-bond donors (Lipinski definition) is 2. The maximum Gasteiger partial charge on any atom is 0.0601 e. The molecule has 246 valence electrons. The van der Waals surface area contributed by atoms with Gasteiger partial charge in [0.05, 0.1) is 11.4 Å². The van der Waals surface area contributed by atoms with Crippen molar-refractivity contribution in [3.05, 3.63) is 95.9 Å². The summed E-state index contributed by atoms with van der Waals surface area (Å²) in [5.74, 6) is 8.29. The van der Waals surface area contributed by atoms with Crippen LogP contribution in [0.4, 0.5) is 5.69 Å². The van der Waals surface area contributed by atoms with Gasteiger partial charge in [-0.3, -0.25) is 4.99 Å². The van der Waals surface area contributed by atoms with Crippen LogP contribution in [0.2, 0.25) is 0 Å². The van der Waals surface area contributed by atoms with Gasteiger partial charge in [0, 0.05) is 24.7 Å². The highest BCUT2D eigenvalue weighted by Gasteiger charge is 2.05. The highest BCUT2D eigenvalue weighted by Crippen LogP contribution is 2.22. The van der Waals surface area contributed by atoms with Crippen molar-refractivity contribution in [1.29, 1.82) is 0 Å².